The van der Waals surface area contributed by atoms with Crippen molar-refractivity contribution in [2.75, 3.05) is 0 Å². The van der Waals surface area contributed by atoms with E-state index in [2.05, 4.69) is 56.4 Å². The molecule has 0 amide bonds. The molecule has 3 rings (SSSR count). The van der Waals surface area contributed by atoms with Gasteiger partial charge >= 0.3 is 0 Å². The largest absolute Gasteiger partial charge is 0.459 e. The summed E-state index contributed by atoms with van der Waals surface area (Å²) >= 11 is 0. The molecule has 1 atom stereocenters. The van der Waals surface area contributed by atoms with Crippen LogP contribution in [0.3, 0.4) is 0 Å². The van der Waals surface area contributed by atoms with Crippen molar-refractivity contribution in [2.45, 2.75) is 33.4 Å². The molecule has 2 aromatic carbocycles. The predicted molar refractivity (Wildman–Crippen MR) is 87.4 cm³/mol. The summed E-state index contributed by atoms with van der Waals surface area (Å²) in [6.07, 6.45) is 0. The van der Waals surface area contributed by atoms with E-state index in [0.717, 1.165) is 23.3 Å². The smallest absolute Gasteiger partial charge is 0.134 e. The molecule has 1 N–H and O–H groups in total. The number of rotatable bonds is 4. The highest BCUT2D eigenvalue weighted by atomic mass is 16.3. The summed E-state index contributed by atoms with van der Waals surface area (Å²) in [7, 11) is 0. The molecule has 0 aliphatic heterocycles. The van der Waals surface area contributed by atoms with E-state index in [1.165, 1.54) is 16.7 Å². The summed E-state index contributed by atoms with van der Waals surface area (Å²) in [6.45, 7) is 7.26. The summed E-state index contributed by atoms with van der Waals surface area (Å²) in [5, 5.41) is 4.70. The van der Waals surface area contributed by atoms with E-state index in [-0.39, 0.29) is 6.04 Å². The Labute approximate surface area is 125 Å². The first-order valence-electron chi connectivity index (χ1n) is 7.41. The highest BCUT2D eigenvalue weighted by Gasteiger charge is 2.11. The van der Waals surface area contributed by atoms with Gasteiger partial charge in [-0.1, -0.05) is 47.5 Å². The third kappa shape index (κ3) is 3.17. The van der Waals surface area contributed by atoms with E-state index < -0.39 is 0 Å². The van der Waals surface area contributed by atoms with Crippen LogP contribution in [0, 0.1) is 13.8 Å². The van der Waals surface area contributed by atoms with Crippen LogP contribution in [0.1, 0.15) is 35.4 Å². The van der Waals surface area contributed by atoms with E-state index in [4.69, 9.17) is 4.42 Å². The molecule has 0 aliphatic rings. The van der Waals surface area contributed by atoms with Crippen LogP contribution in [0.2, 0.25) is 0 Å². The SMILES string of the molecule is Cc1cc(C)cc(CNC(C)c2cc3ccccc3o2)c1. The van der Waals surface area contributed by atoms with Crippen molar-refractivity contribution in [3.05, 3.63) is 71.0 Å². The fourth-order valence-electron chi connectivity index (χ4n) is 2.76. The van der Waals surface area contributed by atoms with Crippen molar-refractivity contribution in [1.82, 2.24) is 5.32 Å². The molecule has 0 spiro atoms. The van der Waals surface area contributed by atoms with Crippen LogP contribution in [0.5, 0.6) is 0 Å². The summed E-state index contributed by atoms with van der Waals surface area (Å²) in [4.78, 5) is 0. The third-order valence-electron chi connectivity index (χ3n) is 3.77. The number of aryl methyl sites for hydroxylation is 2. The minimum absolute atomic E-state index is 0.193. The second-order valence-corrected chi connectivity index (χ2v) is 5.79. The van der Waals surface area contributed by atoms with Crippen molar-refractivity contribution in [3.63, 3.8) is 0 Å². The van der Waals surface area contributed by atoms with E-state index in [1.54, 1.807) is 0 Å². The normalized spacial score (nSPS) is 12.7. The first kappa shape index (κ1) is 13.9. The molecule has 21 heavy (non-hydrogen) atoms. The van der Waals surface area contributed by atoms with Crippen LogP contribution in [-0.2, 0) is 6.54 Å². The van der Waals surface area contributed by atoms with Crippen LogP contribution < -0.4 is 5.32 Å². The van der Waals surface area contributed by atoms with Crippen LogP contribution in [0.25, 0.3) is 11.0 Å². The first-order chi connectivity index (χ1) is 10.1. The summed E-state index contributed by atoms with van der Waals surface area (Å²) < 4.78 is 5.90. The van der Waals surface area contributed by atoms with Gasteiger partial charge in [0, 0.05) is 11.9 Å². The van der Waals surface area contributed by atoms with Crippen LogP contribution in [-0.4, -0.2) is 0 Å². The second-order valence-electron chi connectivity index (χ2n) is 5.79. The number of fused-ring (bicyclic) bond motifs is 1. The van der Waals surface area contributed by atoms with Gasteiger partial charge in [-0.15, -0.1) is 0 Å². The molecule has 2 nitrogen and oxygen atoms in total. The van der Waals surface area contributed by atoms with Gasteiger partial charge in [0.15, 0.2) is 0 Å². The van der Waals surface area contributed by atoms with Crippen LogP contribution in [0.4, 0.5) is 0 Å². The molecule has 0 saturated heterocycles. The molecular weight excluding hydrogens is 258 g/mol. The van der Waals surface area contributed by atoms with E-state index in [9.17, 15) is 0 Å². The van der Waals surface area contributed by atoms with Gasteiger partial charge in [-0.3, -0.25) is 0 Å². The molecule has 0 saturated carbocycles. The number of benzene rings is 2. The summed E-state index contributed by atoms with van der Waals surface area (Å²) in [5.74, 6) is 0.987. The number of nitrogens with one attached hydrogen (secondary N) is 1. The lowest BCUT2D eigenvalue weighted by molar-refractivity contribution is 0.451. The predicted octanol–water partition coefficient (Wildman–Crippen LogP) is 4.90. The Morgan fingerprint density at radius 3 is 2.43 bits per heavy atom. The molecule has 1 heterocycles. The molecule has 0 fully saturated rings. The van der Waals surface area contributed by atoms with Crippen molar-refractivity contribution in [2.24, 2.45) is 0 Å². The first-order valence-corrected chi connectivity index (χ1v) is 7.41. The average molecular weight is 279 g/mol. The minimum atomic E-state index is 0.193. The molecule has 1 aromatic heterocycles. The second kappa shape index (κ2) is 5.74. The van der Waals surface area contributed by atoms with Crippen molar-refractivity contribution in [1.29, 1.82) is 0 Å². The van der Waals surface area contributed by atoms with E-state index in [0.29, 0.717) is 0 Å². The zero-order chi connectivity index (χ0) is 14.8. The number of para-hydroxylation sites is 1. The van der Waals surface area contributed by atoms with Gasteiger partial charge in [-0.2, -0.15) is 0 Å². The summed E-state index contributed by atoms with van der Waals surface area (Å²) in [5.41, 5.74) is 4.88. The molecule has 3 aromatic rings. The zero-order valence-electron chi connectivity index (χ0n) is 12.8. The standard InChI is InChI=1S/C19H21NO/c1-13-8-14(2)10-16(9-13)12-20-15(3)19-11-17-6-4-5-7-18(17)21-19/h4-11,15,20H,12H2,1-3H3. The van der Waals surface area contributed by atoms with Gasteiger partial charge in [0.2, 0.25) is 0 Å². The lowest BCUT2D eigenvalue weighted by atomic mass is 10.1. The Morgan fingerprint density at radius 1 is 1.00 bits per heavy atom. The fraction of sp³-hybridized carbons (Fsp3) is 0.263. The monoisotopic (exact) mass is 279 g/mol. The third-order valence-corrected chi connectivity index (χ3v) is 3.77. The van der Waals surface area contributed by atoms with E-state index in [1.807, 2.05) is 18.2 Å². The zero-order valence-corrected chi connectivity index (χ0v) is 12.8. The minimum Gasteiger partial charge on any atom is -0.459 e. The Hall–Kier alpha value is -2.06. The Bertz CT molecular complexity index is 704. The van der Waals surface area contributed by atoms with E-state index >= 15 is 0 Å². The number of furan rings is 1. The molecule has 0 bridgehead atoms. The molecule has 2 heteroatoms. The molecule has 0 aliphatic carbocycles. The van der Waals surface area contributed by atoms with Gasteiger partial charge in [0.25, 0.3) is 0 Å². The molecular formula is C19H21NO. The van der Waals surface area contributed by atoms with Crippen molar-refractivity contribution < 1.29 is 4.42 Å². The highest BCUT2D eigenvalue weighted by Crippen LogP contribution is 2.23. The maximum absolute atomic E-state index is 5.90. The Morgan fingerprint density at radius 2 is 1.71 bits per heavy atom. The Kier molecular flexibility index (Phi) is 3.80. The number of hydrogen-bond donors (Lipinski definition) is 1. The highest BCUT2D eigenvalue weighted by molar-refractivity contribution is 5.77. The van der Waals surface area contributed by atoms with Gasteiger partial charge < -0.3 is 9.73 Å². The van der Waals surface area contributed by atoms with Crippen molar-refractivity contribution in [3.8, 4) is 0 Å². The Balaban J connectivity index is 1.72. The molecule has 1 unspecified atom stereocenters. The number of hydrogen-bond acceptors (Lipinski definition) is 2. The maximum atomic E-state index is 5.90. The van der Waals surface area contributed by atoms with Gasteiger partial charge in [0.1, 0.15) is 11.3 Å². The fourth-order valence-corrected chi connectivity index (χ4v) is 2.76. The van der Waals surface area contributed by atoms with Crippen LogP contribution in [0.15, 0.2) is 52.9 Å². The van der Waals surface area contributed by atoms with Gasteiger partial charge in [-0.05, 0) is 38.5 Å². The quantitative estimate of drug-likeness (QED) is 0.734. The van der Waals surface area contributed by atoms with Crippen LogP contribution >= 0.6 is 0 Å². The summed E-state index contributed by atoms with van der Waals surface area (Å²) in [6, 6.07) is 17.1. The topological polar surface area (TPSA) is 25.2 Å². The van der Waals surface area contributed by atoms with Gasteiger partial charge in [-0.25, -0.2) is 0 Å². The van der Waals surface area contributed by atoms with Crippen molar-refractivity contribution >= 4 is 11.0 Å². The van der Waals surface area contributed by atoms with Gasteiger partial charge in [0.05, 0.1) is 6.04 Å². The average Bonchev–Trinajstić information content (AvgIpc) is 2.87. The molecule has 108 valence electrons. The lowest BCUT2D eigenvalue weighted by Gasteiger charge is -2.12. The molecule has 0 radical (unpaired) electrons. The maximum Gasteiger partial charge on any atom is 0.134 e. The lowest BCUT2D eigenvalue weighted by Crippen LogP contribution is -2.17.